The van der Waals surface area contributed by atoms with Crippen molar-refractivity contribution in [2.24, 2.45) is 5.73 Å². The van der Waals surface area contributed by atoms with Gasteiger partial charge in [0.05, 0.1) is 12.2 Å². The van der Waals surface area contributed by atoms with Gasteiger partial charge >= 0.3 is 0 Å². The van der Waals surface area contributed by atoms with E-state index in [1.54, 1.807) is 0 Å². The van der Waals surface area contributed by atoms with E-state index in [4.69, 9.17) is 10.5 Å². The zero-order chi connectivity index (χ0) is 9.10. The minimum atomic E-state index is 0. The molecular weight excluding hydrogens is 198 g/mol. The molecule has 2 unspecified atom stereocenters. The molecule has 2 N–H and O–H groups in total. The molecule has 0 aliphatic carbocycles. The largest absolute Gasteiger partial charge is 0.369 e. The molecule has 2 nitrogen and oxygen atoms in total. The smallest absolute Gasteiger partial charge is 0.0830 e. The summed E-state index contributed by atoms with van der Waals surface area (Å²) in [6.45, 7) is 0.642. The van der Waals surface area contributed by atoms with E-state index in [2.05, 4.69) is 24.3 Å². The van der Waals surface area contributed by atoms with Crippen molar-refractivity contribution in [1.82, 2.24) is 0 Å². The van der Waals surface area contributed by atoms with Crippen molar-refractivity contribution in [3.63, 3.8) is 0 Å². The highest BCUT2D eigenvalue weighted by Crippen LogP contribution is 2.31. The molecule has 0 amide bonds. The maximum atomic E-state index is 5.77. The summed E-state index contributed by atoms with van der Waals surface area (Å²) in [5, 5.41) is 0. The Labute approximate surface area is 90.9 Å². The molecule has 1 heterocycles. The van der Waals surface area contributed by atoms with Gasteiger partial charge in [-0.3, -0.25) is 0 Å². The van der Waals surface area contributed by atoms with Crippen LogP contribution in [0, 0.1) is 0 Å². The van der Waals surface area contributed by atoms with Crippen molar-refractivity contribution in [2.45, 2.75) is 25.0 Å². The summed E-state index contributed by atoms with van der Waals surface area (Å²) in [5.41, 5.74) is 6.83. The van der Waals surface area contributed by atoms with E-state index in [1.807, 2.05) is 6.07 Å². The lowest BCUT2D eigenvalue weighted by Crippen LogP contribution is -2.18. The minimum absolute atomic E-state index is 0. The van der Waals surface area contributed by atoms with Crippen molar-refractivity contribution in [3.05, 3.63) is 35.9 Å². The summed E-state index contributed by atoms with van der Waals surface area (Å²) >= 11 is 0. The molecule has 1 aromatic carbocycles. The Morgan fingerprint density at radius 3 is 2.50 bits per heavy atom. The van der Waals surface area contributed by atoms with Crippen LogP contribution in [-0.2, 0) is 4.74 Å². The van der Waals surface area contributed by atoms with Gasteiger partial charge in [-0.2, -0.15) is 0 Å². The predicted molar refractivity (Wildman–Crippen MR) is 59.6 cm³/mol. The topological polar surface area (TPSA) is 35.2 Å². The predicted octanol–water partition coefficient (Wildman–Crippen LogP) is 2.29. The van der Waals surface area contributed by atoms with E-state index in [0.717, 1.165) is 12.8 Å². The van der Waals surface area contributed by atoms with E-state index in [9.17, 15) is 0 Å². The number of hydrogen-bond acceptors (Lipinski definition) is 2. The molecule has 0 bridgehead atoms. The second-order valence-electron chi connectivity index (χ2n) is 3.47. The third-order valence-corrected chi connectivity index (χ3v) is 2.54. The Balaban J connectivity index is 0.000000980. The average Bonchev–Trinajstić information content (AvgIpc) is 2.67. The molecule has 0 saturated carbocycles. The van der Waals surface area contributed by atoms with Gasteiger partial charge in [0.15, 0.2) is 0 Å². The van der Waals surface area contributed by atoms with Crippen LogP contribution in [0.25, 0.3) is 0 Å². The SMILES string of the molecule is Cl.NCC1CCC(c2ccccc2)O1. The molecule has 0 radical (unpaired) electrons. The van der Waals surface area contributed by atoms with Gasteiger partial charge in [-0.1, -0.05) is 30.3 Å². The quantitative estimate of drug-likeness (QED) is 0.818. The highest BCUT2D eigenvalue weighted by molar-refractivity contribution is 5.85. The molecule has 1 aliphatic heterocycles. The standard InChI is InChI=1S/C11H15NO.ClH/c12-8-10-6-7-11(13-10)9-4-2-1-3-5-9;/h1-5,10-11H,6-8,12H2;1H. The van der Waals surface area contributed by atoms with Crippen LogP contribution < -0.4 is 5.73 Å². The minimum Gasteiger partial charge on any atom is -0.369 e. The van der Waals surface area contributed by atoms with Crippen LogP contribution >= 0.6 is 12.4 Å². The fourth-order valence-corrected chi connectivity index (χ4v) is 1.79. The first-order valence-corrected chi connectivity index (χ1v) is 4.80. The fraction of sp³-hybridized carbons (Fsp3) is 0.455. The van der Waals surface area contributed by atoms with Crippen LogP contribution in [0.4, 0.5) is 0 Å². The molecule has 0 aromatic heterocycles. The van der Waals surface area contributed by atoms with Gasteiger partial charge in [-0.15, -0.1) is 12.4 Å². The van der Waals surface area contributed by atoms with E-state index in [1.165, 1.54) is 5.56 Å². The Kier molecular flexibility index (Phi) is 4.39. The molecule has 2 rings (SSSR count). The van der Waals surface area contributed by atoms with Crippen LogP contribution in [0.5, 0.6) is 0 Å². The van der Waals surface area contributed by atoms with Crippen LogP contribution in [0.2, 0.25) is 0 Å². The lowest BCUT2D eigenvalue weighted by molar-refractivity contribution is 0.0498. The highest BCUT2D eigenvalue weighted by atomic mass is 35.5. The molecule has 1 aliphatic rings. The molecule has 1 saturated heterocycles. The number of hydrogen-bond donors (Lipinski definition) is 1. The summed E-state index contributed by atoms with van der Waals surface area (Å²) in [6.07, 6.45) is 2.74. The summed E-state index contributed by atoms with van der Waals surface area (Å²) in [6, 6.07) is 10.4. The lowest BCUT2D eigenvalue weighted by atomic mass is 10.1. The molecule has 3 heteroatoms. The van der Waals surface area contributed by atoms with Gasteiger partial charge in [0.25, 0.3) is 0 Å². The third kappa shape index (κ3) is 2.47. The summed E-state index contributed by atoms with van der Waals surface area (Å²) < 4.78 is 5.77. The summed E-state index contributed by atoms with van der Waals surface area (Å²) in [7, 11) is 0. The van der Waals surface area contributed by atoms with Crippen LogP contribution in [0.3, 0.4) is 0 Å². The second-order valence-corrected chi connectivity index (χ2v) is 3.47. The Morgan fingerprint density at radius 1 is 1.21 bits per heavy atom. The van der Waals surface area contributed by atoms with Crippen LogP contribution in [0.1, 0.15) is 24.5 Å². The second kappa shape index (κ2) is 5.35. The maximum absolute atomic E-state index is 5.77. The number of halogens is 1. The Hall–Kier alpha value is -0.570. The van der Waals surface area contributed by atoms with Crippen molar-refractivity contribution >= 4 is 12.4 Å². The zero-order valence-electron chi connectivity index (χ0n) is 8.06. The van der Waals surface area contributed by atoms with E-state index in [-0.39, 0.29) is 24.6 Å². The average molecular weight is 214 g/mol. The van der Waals surface area contributed by atoms with E-state index < -0.39 is 0 Å². The first kappa shape index (κ1) is 11.5. The van der Waals surface area contributed by atoms with Crippen LogP contribution in [-0.4, -0.2) is 12.6 Å². The first-order chi connectivity index (χ1) is 6.40. The number of rotatable bonds is 2. The molecule has 1 fully saturated rings. The molecule has 0 spiro atoms. The van der Waals surface area contributed by atoms with Gasteiger partial charge < -0.3 is 10.5 Å². The number of benzene rings is 1. The third-order valence-electron chi connectivity index (χ3n) is 2.54. The zero-order valence-corrected chi connectivity index (χ0v) is 8.87. The molecule has 78 valence electrons. The van der Waals surface area contributed by atoms with Crippen molar-refractivity contribution in [3.8, 4) is 0 Å². The fourth-order valence-electron chi connectivity index (χ4n) is 1.79. The molecule has 14 heavy (non-hydrogen) atoms. The van der Waals surface area contributed by atoms with Crippen LogP contribution in [0.15, 0.2) is 30.3 Å². The monoisotopic (exact) mass is 213 g/mol. The normalized spacial score (nSPS) is 25.8. The Morgan fingerprint density at radius 2 is 1.93 bits per heavy atom. The maximum Gasteiger partial charge on any atom is 0.0830 e. The van der Waals surface area contributed by atoms with Gasteiger partial charge in [0.1, 0.15) is 0 Å². The van der Waals surface area contributed by atoms with Crippen molar-refractivity contribution < 1.29 is 4.74 Å². The molecule has 2 atom stereocenters. The molecule has 1 aromatic rings. The summed E-state index contributed by atoms with van der Waals surface area (Å²) in [5.74, 6) is 0. The van der Waals surface area contributed by atoms with Gasteiger partial charge in [-0.05, 0) is 18.4 Å². The van der Waals surface area contributed by atoms with Gasteiger partial charge in [-0.25, -0.2) is 0 Å². The van der Waals surface area contributed by atoms with E-state index in [0.29, 0.717) is 6.54 Å². The lowest BCUT2D eigenvalue weighted by Gasteiger charge is -2.12. The highest BCUT2D eigenvalue weighted by Gasteiger charge is 2.24. The number of nitrogens with two attached hydrogens (primary N) is 1. The van der Waals surface area contributed by atoms with Crippen molar-refractivity contribution in [2.75, 3.05) is 6.54 Å². The first-order valence-electron chi connectivity index (χ1n) is 4.80. The summed E-state index contributed by atoms with van der Waals surface area (Å²) in [4.78, 5) is 0. The van der Waals surface area contributed by atoms with E-state index >= 15 is 0 Å². The Bertz CT molecular complexity index is 265. The molecular formula is C11H16ClNO. The van der Waals surface area contributed by atoms with Gasteiger partial charge in [0, 0.05) is 6.54 Å². The van der Waals surface area contributed by atoms with Gasteiger partial charge in [0.2, 0.25) is 0 Å². The van der Waals surface area contributed by atoms with Crippen molar-refractivity contribution in [1.29, 1.82) is 0 Å². The number of ether oxygens (including phenoxy) is 1.